The van der Waals surface area contributed by atoms with Crippen LogP contribution >= 0.6 is 0 Å². The second kappa shape index (κ2) is 69.2. The summed E-state index contributed by atoms with van der Waals surface area (Å²) in [5, 5.41) is 9.76. The summed E-state index contributed by atoms with van der Waals surface area (Å²) < 4.78 is 23.0. The van der Waals surface area contributed by atoms with Crippen LogP contribution in [0, 0.1) is 0 Å². The van der Waals surface area contributed by atoms with E-state index in [9.17, 15) is 19.5 Å². The molecule has 0 aliphatic heterocycles. The first-order chi connectivity index (χ1) is 42.1. The molecule has 0 aliphatic rings. The van der Waals surface area contributed by atoms with Crippen LogP contribution in [-0.4, -0.2) is 87.4 Å². The van der Waals surface area contributed by atoms with Crippen LogP contribution in [0.4, 0.5) is 0 Å². The quantitative estimate of drug-likeness (QED) is 0.0278. The van der Waals surface area contributed by atoms with Gasteiger partial charge in [0.05, 0.1) is 34.4 Å². The summed E-state index contributed by atoms with van der Waals surface area (Å²) in [6.45, 7) is 4.98. The maximum absolute atomic E-state index is 13.0. The van der Waals surface area contributed by atoms with Crippen molar-refractivity contribution in [2.75, 3.05) is 47.5 Å². The number of aliphatic carboxylic acids is 1. The lowest BCUT2D eigenvalue weighted by Crippen LogP contribution is -2.40. The van der Waals surface area contributed by atoms with Crippen LogP contribution in [-0.2, 0) is 33.3 Å². The first-order valence-electron chi connectivity index (χ1n) is 38.7. The van der Waals surface area contributed by atoms with Gasteiger partial charge in [-0.1, -0.05) is 393 Å². The van der Waals surface area contributed by atoms with E-state index in [-0.39, 0.29) is 38.2 Å². The molecule has 0 aliphatic carbocycles. The molecular weight excluding hydrogens is 1070 g/mol. The molecular formula is C77H152NO8+. The number of hydrogen-bond donors (Lipinski definition) is 1. The monoisotopic (exact) mass is 1220 g/mol. The van der Waals surface area contributed by atoms with E-state index >= 15 is 0 Å². The fourth-order valence-corrected chi connectivity index (χ4v) is 12.2. The maximum atomic E-state index is 13.0. The van der Waals surface area contributed by atoms with Gasteiger partial charge in [0.2, 0.25) is 0 Å². The highest BCUT2D eigenvalue weighted by molar-refractivity contribution is 5.71. The summed E-state index contributed by atoms with van der Waals surface area (Å²) in [6, 6.07) is 0. The van der Waals surface area contributed by atoms with E-state index in [1.54, 1.807) is 0 Å². The fraction of sp³-hybridized carbons (Fsp3) is 0.961. The standard InChI is InChI=1S/C77H151NO8/c1-6-8-10-12-14-16-18-20-22-24-26-28-30-32-33-34-35-36-37-38-39-40-41-42-43-44-46-48-50-52-54-56-58-60-62-64-66-68-75(80)86-73(72-85-77(76(81)82)83-70-69-78(3,4)5)71-84-74(79)67-65-63-61-59-57-55-53-51-49-47-45-31-29-27-25-23-21-19-17-15-13-11-9-7-2/h73,77H,6-72H2,1-5H3/p+1. The molecule has 0 saturated carbocycles. The first kappa shape index (κ1) is 84.3. The van der Waals surface area contributed by atoms with Crippen molar-refractivity contribution < 1.29 is 42.9 Å². The van der Waals surface area contributed by atoms with Gasteiger partial charge in [0.1, 0.15) is 13.2 Å². The van der Waals surface area contributed by atoms with Gasteiger partial charge in [-0.15, -0.1) is 0 Å². The van der Waals surface area contributed by atoms with Crippen LogP contribution in [0.3, 0.4) is 0 Å². The number of likely N-dealkylation sites (N-methyl/N-ethyl adjacent to an activating group) is 1. The van der Waals surface area contributed by atoms with Crippen molar-refractivity contribution in [3.8, 4) is 0 Å². The minimum Gasteiger partial charge on any atom is -0.477 e. The van der Waals surface area contributed by atoms with Crippen LogP contribution in [0.15, 0.2) is 0 Å². The lowest BCUT2D eigenvalue weighted by Gasteiger charge is -2.25. The highest BCUT2D eigenvalue weighted by Gasteiger charge is 2.25. The number of carbonyl (C=O) groups is 3. The zero-order valence-corrected chi connectivity index (χ0v) is 58.8. The first-order valence-corrected chi connectivity index (χ1v) is 38.7. The van der Waals surface area contributed by atoms with Gasteiger partial charge in [-0.25, -0.2) is 4.79 Å². The van der Waals surface area contributed by atoms with E-state index in [0.717, 1.165) is 38.5 Å². The normalized spacial score (nSPS) is 12.5. The largest absolute Gasteiger partial charge is 0.477 e. The second-order valence-corrected chi connectivity index (χ2v) is 28.0. The molecule has 0 rings (SSSR count). The summed E-state index contributed by atoms with van der Waals surface area (Å²) in [6.07, 6.45) is 81.2. The number of hydrogen-bond acceptors (Lipinski definition) is 7. The van der Waals surface area contributed by atoms with Gasteiger partial charge < -0.3 is 28.5 Å². The summed E-state index contributed by atoms with van der Waals surface area (Å²) >= 11 is 0. The van der Waals surface area contributed by atoms with Gasteiger partial charge in [0.25, 0.3) is 6.29 Å². The molecule has 0 bridgehead atoms. The molecule has 9 nitrogen and oxygen atoms in total. The lowest BCUT2D eigenvalue weighted by molar-refractivity contribution is -0.870. The Morgan fingerprint density at radius 1 is 0.302 bits per heavy atom. The topological polar surface area (TPSA) is 108 Å². The Labute approximate surface area is 536 Å². The van der Waals surface area contributed by atoms with Crippen molar-refractivity contribution in [2.24, 2.45) is 0 Å². The molecule has 512 valence electrons. The van der Waals surface area contributed by atoms with Crippen LogP contribution in [0.2, 0.25) is 0 Å². The van der Waals surface area contributed by atoms with Gasteiger partial charge in [-0.2, -0.15) is 0 Å². The molecule has 0 aromatic carbocycles. The van der Waals surface area contributed by atoms with Crippen molar-refractivity contribution in [1.29, 1.82) is 0 Å². The summed E-state index contributed by atoms with van der Waals surface area (Å²) in [5.41, 5.74) is 0. The SMILES string of the molecule is CCCCCCCCCCCCCCCCCCCCCCCCCCCCCCCCCCCCCCCC(=O)OC(COC(=O)CCCCCCCCCCCCCCCCCCCCCCCCCC)COC(OCC[N+](C)(C)C)C(=O)O. The summed E-state index contributed by atoms with van der Waals surface area (Å²) in [7, 11) is 6.00. The van der Waals surface area contributed by atoms with E-state index in [0.29, 0.717) is 17.4 Å². The van der Waals surface area contributed by atoms with E-state index in [2.05, 4.69) is 13.8 Å². The number of carboxylic acids is 1. The highest BCUT2D eigenvalue weighted by atomic mass is 16.7. The van der Waals surface area contributed by atoms with Gasteiger partial charge >= 0.3 is 17.9 Å². The molecule has 0 fully saturated rings. The zero-order chi connectivity index (χ0) is 62.6. The van der Waals surface area contributed by atoms with E-state index in [1.165, 1.54) is 353 Å². The molecule has 9 heteroatoms. The predicted molar refractivity (Wildman–Crippen MR) is 369 cm³/mol. The smallest absolute Gasteiger partial charge is 0.361 e. The van der Waals surface area contributed by atoms with Crippen molar-refractivity contribution in [2.45, 2.75) is 431 Å². The van der Waals surface area contributed by atoms with Crippen molar-refractivity contribution in [1.82, 2.24) is 0 Å². The average molecular weight is 1220 g/mol. The Morgan fingerprint density at radius 2 is 0.523 bits per heavy atom. The minimum absolute atomic E-state index is 0.172. The Bertz CT molecular complexity index is 1370. The summed E-state index contributed by atoms with van der Waals surface area (Å²) in [5.74, 6) is -1.96. The van der Waals surface area contributed by atoms with Gasteiger partial charge in [-0.3, -0.25) is 9.59 Å². The Kier molecular flexibility index (Phi) is 67.8. The lowest BCUT2D eigenvalue weighted by atomic mass is 10.0. The molecule has 2 unspecified atom stereocenters. The molecule has 2 atom stereocenters. The molecule has 0 heterocycles. The maximum Gasteiger partial charge on any atom is 0.361 e. The molecule has 0 aromatic rings. The molecule has 0 radical (unpaired) electrons. The van der Waals surface area contributed by atoms with Gasteiger partial charge in [0, 0.05) is 12.8 Å². The van der Waals surface area contributed by atoms with E-state index in [1.807, 2.05) is 21.1 Å². The van der Waals surface area contributed by atoms with Crippen molar-refractivity contribution >= 4 is 17.9 Å². The van der Waals surface area contributed by atoms with Crippen molar-refractivity contribution in [3.05, 3.63) is 0 Å². The number of unbranched alkanes of at least 4 members (excludes halogenated alkanes) is 59. The number of quaternary nitrogens is 1. The number of esters is 2. The van der Waals surface area contributed by atoms with Gasteiger partial charge in [-0.05, 0) is 12.8 Å². The zero-order valence-electron chi connectivity index (χ0n) is 58.8. The molecule has 0 amide bonds. The fourth-order valence-electron chi connectivity index (χ4n) is 12.2. The molecule has 86 heavy (non-hydrogen) atoms. The molecule has 0 spiro atoms. The van der Waals surface area contributed by atoms with Crippen LogP contribution < -0.4 is 0 Å². The third-order valence-corrected chi connectivity index (χ3v) is 18.1. The number of rotatable bonds is 74. The highest BCUT2D eigenvalue weighted by Crippen LogP contribution is 2.20. The Balaban J connectivity index is 3.94. The Morgan fingerprint density at radius 3 is 0.744 bits per heavy atom. The van der Waals surface area contributed by atoms with Crippen LogP contribution in [0.1, 0.15) is 418 Å². The molecule has 0 saturated heterocycles. The Hall–Kier alpha value is -1.71. The van der Waals surface area contributed by atoms with Gasteiger partial charge in [0.15, 0.2) is 6.10 Å². The minimum atomic E-state index is -1.50. The number of carbonyl (C=O) groups excluding carboxylic acids is 2. The van der Waals surface area contributed by atoms with E-state index in [4.69, 9.17) is 18.9 Å². The third kappa shape index (κ3) is 69.8. The summed E-state index contributed by atoms with van der Waals surface area (Å²) in [4.78, 5) is 37.7. The number of carboxylic acid groups (broad SMARTS) is 1. The van der Waals surface area contributed by atoms with Crippen molar-refractivity contribution in [3.63, 3.8) is 0 Å². The predicted octanol–water partition coefficient (Wildman–Crippen LogP) is 24.2. The third-order valence-electron chi connectivity index (χ3n) is 18.1. The second-order valence-electron chi connectivity index (χ2n) is 28.0. The molecule has 1 N–H and O–H groups in total. The van der Waals surface area contributed by atoms with Crippen LogP contribution in [0.5, 0.6) is 0 Å². The average Bonchev–Trinajstić information content (AvgIpc) is 3.64. The van der Waals surface area contributed by atoms with Crippen LogP contribution in [0.25, 0.3) is 0 Å². The molecule has 0 aromatic heterocycles. The number of ether oxygens (including phenoxy) is 4. The van der Waals surface area contributed by atoms with E-state index < -0.39 is 18.4 Å². The number of nitrogens with zero attached hydrogens (tertiary/aromatic N) is 1.